The maximum atomic E-state index is 13.7. The number of nitrogens with zero attached hydrogens (tertiary/aromatic N) is 1. The van der Waals surface area contributed by atoms with Crippen LogP contribution in [0.15, 0.2) is 61.2 Å². The first kappa shape index (κ1) is 23.7. The van der Waals surface area contributed by atoms with Crippen LogP contribution in [0.4, 0.5) is 4.39 Å². The van der Waals surface area contributed by atoms with Crippen molar-refractivity contribution in [1.29, 1.82) is 0 Å². The van der Waals surface area contributed by atoms with Gasteiger partial charge in [-0.3, -0.25) is 4.79 Å². The third-order valence-corrected chi connectivity index (χ3v) is 5.57. The lowest BCUT2D eigenvalue weighted by atomic mass is 9.88. The van der Waals surface area contributed by atoms with Gasteiger partial charge < -0.3 is 19.5 Å². The van der Waals surface area contributed by atoms with E-state index in [1.807, 2.05) is 42.7 Å². The Kier molecular flexibility index (Phi) is 7.48. The van der Waals surface area contributed by atoms with Gasteiger partial charge in [-0.25, -0.2) is 4.39 Å². The van der Waals surface area contributed by atoms with Gasteiger partial charge in [0.05, 0.1) is 18.8 Å². The molecule has 3 aromatic rings. The number of hydrogen-bond donors (Lipinski definition) is 2. The second kappa shape index (κ2) is 10.1. The summed E-state index contributed by atoms with van der Waals surface area (Å²) in [6, 6.07) is 13.8. The smallest absolute Gasteiger partial charge is 0.317 e. The second-order valence-corrected chi connectivity index (χ2v) is 8.08. The Balaban J connectivity index is 2.37. The number of para-hydroxylation sites is 1. The van der Waals surface area contributed by atoms with E-state index in [-0.39, 0.29) is 24.9 Å². The third-order valence-electron chi connectivity index (χ3n) is 5.57. The molecule has 0 fully saturated rings. The molecule has 2 aromatic carbocycles. The fourth-order valence-electron chi connectivity index (χ4n) is 4.23. The van der Waals surface area contributed by atoms with Crippen molar-refractivity contribution >= 4 is 16.9 Å². The van der Waals surface area contributed by atoms with Gasteiger partial charge in [-0.2, -0.15) is 0 Å². The molecule has 32 heavy (non-hydrogen) atoms. The largest absolute Gasteiger partial charge is 0.465 e. The fourth-order valence-corrected chi connectivity index (χ4v) is 4.23. The Morgan fingerprint density at radius 2 is 1.81 bits per heavy atom. The number of carbonyl (C=O) groups excluding carboxylic acids is 1. The molecule has 0 radical (unpaired) electrons. The molecule has 1 heterocycles. The maximum absolute atomic E-state index is 13.7. The predicted octanol–water partition coefficient (Wildman–Crippen LogP) is 4.97. The average molecular weight is 440 g/mol. The van der Waals surface area contributed by atoms with Crippen LogP contribution >= 0.6 is 0 Å². The topological polar surface area (TPSA) is 71.7 Å². The first-order chi connectivity index (χ1) is 15.3. The number of aliphatic hydroxyl groups excluding tert-OH is 2. The number of rotatable bonds is 9. The molecule has 5 nitrogen and oxygen atoms in total. The van der Waals surface area contributed by atoms with E-state index < -0.39 is 24.1 Å². The third kappa shape index (κ3) is 4.61. The van der Waals surface area contributed by atoms with Gasteiger partial charge in [0.2, 0.25) is 0 Å². The van der Waals surface area contributed by atoms with Crippen LogP contribution in [-0.4, -0.2) is 39.6 Å². The van der Waals surface area contributed by atoms with Crippen LogP contribution in [0.1, 0.15) is 44.8 Å². The van der Waals surface area contributed by atoms with E-state index in [4.69, 9.17) is 4.74 Å². The number of carbonyl (C=O) groups is 1. The summed E-state index contributed by atoms with van der Waals surface area (Å²) in [6.07, 6.45) is -0.948. The summed E-state index contributed by atoms with van der Waals surface area (Å²) < 4.78 is 21.1. The molecule has 3 rings (SSSR count). The number of aliphatic hydroxyl groups is 2. The summed E-state index contributed by atoms with van der Waals surface area (Å²) in [5, 5.41) is 22.1. The zero-order chi connectivity index (χ0) is 23.4. The molecule has 0 bridgehead atoms. The van der Waals surface area contributed by atoms with Gasteiger partial charge in [0, 0.05) is 34.6 Å². The van der Waals surface area contributed by atoms with Crippen molar-refractivity contribution in [2.45, 2.75) is 51.4 Å². The summed E-state index contributed by atoms with van der Waals surface area (Å²) >= 11 is 0. The van der Waals surface area contributed by atoms with Gasteiger partial charge in [0.25, 0.3) is 0 Å². The average Bonchev–Trinajstić information content (AvgIpc) is 3.09. The van der Waals surface area contributed by atoms with Crippen LogP contribution in [0.5, 0.6) is 0 Å². The molecule has 0 aliphatic heterocycles. The molecule has 3 unspecified atom stereocenters. The quantitative estimate of drug-likeness (QED) is 0.365. The standard InChI is InChI=1S/C26H30FNO4/c1-5-19(29)15-22(30)24(26(31)32-6-2)25-23(17-11-13-18(27)14-12-17)20-9-7-8-10-21(20)28(25)16(3)4/h5,7-14,16,19,22,24,29-30H,1,6,15H2,2-4H3. The van der Waals surface area contributed by atoms with E-state index in [2.05, 4.69) is 6.58 Å². The monoisotopic (exact) mass is 439 g/mol. The number of ether oxygens (including phenoxy) is 1. The zero-order valence-electron chi connectivity index (χ0n) is 18.7. The first-order valence-electron chi connectivity index (χ1n) is 10.8. The molecule has 0 aliphatic rings. The van der Waals surface area contributed by atoms with Crippen molar-refractivity contribution in [3.05, 3.63) is 72.7 Å². The Morgan fingerprint density at radius 1 is 1.16 bits per heavy atom. The van der Waals surface area contributed by atoms with Gasteiger partial charge >= 0.3 is 5.97 Å². The summed E-state index contributed by atoms with van der Waals surface area (Å²) in [5.74, 6) is -2.00. The number of aromatic nitrogens is 1. The number of esters is 1. The van der Waals surface area contributed by atoms with Crippen molar-refractivity contribution < 1.29 is 24.1 Å². The molecule has 2 N–H and O–H groups in total. The van der Waals surface area contributed by atoms with Crippen LogP contribution in [0, 0.1) is 5.82 Å². The van der Waals surface area contributed by atoms with Crippen molar-refractivity contribution in [3.8, 4) is 11.1 Å². The van der Waals surface area contributed by atoms with E-state index >= 15 is 0 Å². The van der Waals surface area contributed by atoms with Crippen molar-refractivity contribution in [3.63, 3.8) is 0 Å². The van der Waals surface area contributed by atoms with Gasteiger partial charge in [-0.05, 0) is 44.5 Å². The van der Waals surface area contributed by atoms with Crippen LogP contribution in [0.25, 0.3) is 22.0 Å². The molecule has 3 atom stereocenters. The van der Waals surface area contributed by atoms with E-state index in [0.29, 0.717) is 5.69 Å². The lowest BCUT2D eigenvalue weighted by molar-refractivity contribution is -0.148. The molecule has 6 heteroatoms. The predicted molar refractivity (Wildman–Crippen MR) is 124 cm³/mol. The van der Waals surface area contributed by atoms with Crippen molar-refractivity contribution in [2.24, 2.45) is 0 Å². The summed E-state index contributed by atoms with van der Waals surface area (Å²) in [5.41, 5.74) is 2.93. The van der Waals surface area contributed by atoms with Crippen molar-refractivity contribution in [1.82, 2.24) is 4.57 Å². The van der Waals surface area contributed by atoms with Crippen LogP contribution in [0.3, 0.4) is 0 Å². The van der Waals surface area contributed by atoms with Crippen molar-refractivity contribution in [2.75, 3.05) is 6.61 Å². The Morgan fingerprint density at radius 3 is 2.41 bits per heavy atom. The maximum Gasteiger partial charge on any atom is 0.317 e. The van der Waals surface area contributed by atoms with Crippen LogP contribution in [-0.2, 0) is 9.53 Å². The summed E-state index contributed by atoms with van der Waals surface area (Å²) in [4.78, 5) is 13.2. The van der Waals surface area contributed by atoms with Gasteiger partial charge in [-0.1, -0.05) is 36.4 Å². The van der Waals surface area contributed by atoms with E-state index in [0.717, 1.165) is 22.0 Å². The summed E-state index contributed by atoms with van der Waals surface area (Å²) in [7, 11) is 0. The zero-order valence-corrected chi connectivity index (χ0v) is 18.7. The van der Waals surface area contributed by atoms with E-state index in [1.165, 1.54) is 18.2 Å². The highest BCUT2D eigenvalue weighted by molar-refractivity contribution is 6.00. The molecule has 0 saturated heterocycles. The van der Waals surface area contributed by atoms with Gasteiger partial charge in [-0.15, -0.1) is 6.58 Å². The Bertz CT molecular complexity index is 1090. The Hall–Kier alpha value is -2.96. The minimum Gasteiger partial charge on any atom is -0.465 e. The number of hydrogen-bond acceptors (Lipinski definition) is 4. The molecule has 0 saturated carbocycles. The van der Waals surface area contributed by atoms with Gasteiger partial charge in [0.1, 0.15) is 11.7 Å². The summed E-state index contributed by atoms with van der Waals surface area (Å²) in [6.45, 7) is 9.42. The fraction of sp³-hybridized carbons (Fsp3) is 0.346. The number of halogens is 1. The van der Waals surface area contributed by atoms with Gasteiger partial charge in [0.15, 0.2) is 0 Å². The van der Waals surface area contributed by atoms with E-state index in [1.54, 1.807) is 19.1 Å². The minimum atomic E-state index is -1.22. The van der Waals surface area contributed by atoms with Crippen LogP contribution in [0.2, 0.25) is 0 Å². The van der Waals surface area contributed by atoms with E-state index in [9.17, 15) is 19.4 Å². The lowest BCUT2D eigenvalue weighted by Gasteiger charge is -2.27. The first-order valence-corrected chi connectivity index (χ1v) is 10.8. The molecule has 0 amide bonds. The molecular weight excluding hydrogens is 409 g/mol. The molecular formula is C26H30FNO4. The molecule has 0 spiro atoms. The highest BCUT2D eigenvalue weighted by Gasteiger charge is 2.37. The lowest BCUT2D eigenvalue weighted by Crippen LogP contribution is -2.33. The number of fused-ring (bicyclic) bond motifs is 1. The molecule has 0 aliphatic carbocycles. The highest BCUT2D eigenvalue weighted by atomic mass is 19.1. The highest BCUT2D eigenvalue weighted by Crippen LogP contribution is 2.42. The SMILES string of the molecule is C=CC(O)CC(O)C(C(=O)OCC)c1c(-c2ccc(F)cc2)c2ccccc2n1C(C)C. The minimum absolute atomic E-state index is 0.0439. The molecule has 170 valence electrons. The number of benzene rings is 2. The van der Waals surface area contributed by atoms with Crippen LogP contribution < -0.4 is 0 Å². The molecule has 1 aromatic heterocycles. The second-order valence-electron chi connectivity index (χ2n) is 8.08. The normalized spacial score (nSPS) is 14.3. The Labute approximate surface area is 187 Å².